The first-order valence-corrected chi connectivity index (χ1v) is 11.0. The van der Waals surface area contributed by atoms with E-state index in [1.165, 1.54) is 18.9 Å². The third kappa shape index (κ3) is 5.54. The van der Waals surface area contributed by atoms with Crippen molar-refractivity contribution >= 4 is 17.1 Å². The number of carbonyl (C=O) groups is 1. The number of pyridine rings is 2. The molecular weight excluding hydrogens is 443 g/mol. The molecular formula is C25H24F3N5O. The Morgan fingerprint density at radius 3 is 2.21 bits per heavy atom. The fourth-order valence-corrected chi connectivity index (χ4v) is 3.74. The molecule has 1 unspecified atom stereocenters. The number of anilines is 1. The summed E-state index contributed by atoms with van der Waals surface area (Å²) in [6.45, 7) is 3.90. The highest BCUT2D eigenvalue weighted by molar-refractivity contribution is 6.01. The lowest BCUT2D eigenvalue weighted by Crippen LogP contribution is -2.27. The summed E-state index contributed by atoms with van der Waals surface area (Å²) in [6, 6.07) is 10.9. The SMILES string of the molecule is CC(NC(=O)c1cnn2ccc(N3CCCC3)cc12)c1ccc(F)cn1.Fc1ccc(F)cc1. The molecule has 3 aromatic heterocycles. The van der Waals surface area contributed by atoms with E-state index in [9.17, 15) is 18.0 Å². The summed E-state index contributed by atoms with van der Waals surface area (Å²) in [4.78, 5) is 19.1. The van der Waals surface area contributed by atoms with Gasteiger partial charge >= 0.3 is 0 Å². The molecule has 6 nitrogen and oxygen atoms in total. The van der Waals surface area contributed by atoms with Crippen molar-refractivity contribution in [1.82, 2.24) is 19.9 Å². The van der Waals surface area contributed by atoms with Crippen molar-refractivity contribution < 1.29 is 18.0 Å². The van der Waals surface area contributed by atoms with Gasteiger partial charge in [0.1, 0.15) is 17.5 Å². The van der Waals surface area contributed by atoms with E-state index in [4.69, 9.17) is 0 Å². The molecule has 0 spiro atoms. The van der Waals surface area contributed by atoms with E-state index in [0.29, 0.717) is 11.3 Å². The molecule has 1 aromatic carbocycles. The predicted octanol–water partition coefficient (Wildman–Crippen LogP) is 4.92. The van der Waals surface area contributed by atoms with E-state index in [2.05, 4.69) is 20.3 Å². The van der Waals surface area contributed by atoms with Gasteiger partial charge in [0.05, 0.1) is 35.2 Å². The maximum Gasteiger partial charge on any atom is 0.255 e. The molecule has 5 rings (SSSR count). The summed E-state index contributed by atoms with van der Waals surface area (Å²) >= 11 is 0. The molecule has 1 fully saturated rings. The van der Waals surface area contributed by atoms with Gasteiger partial charge < -0.3 is 10.2 Å². The molecule has 0 aliphatic carbocycles. The van der Waals surface area contributed by atoms with Gasteiger partial charge in [0.25, 0.3) is 5.91 Å². The Labute approximate surface area is 195 Å². The number of benzene rings is 1. The predicted molar refractivity (Wildman–Crippen MR) is 123 cm³/mol. The monoisotopic (exact) mass is 467 g/mol. The zero-order valence-electron chi connectivity index (χ0n) is 18.6. The topological polar surface area (TPSA) is 62.5 Å². The second-order valence-corrected chi connectivity index (χ2v) is 8.00. The first-order valence-electron chi connectivity index (χ1n) is 11.0. The van der Waals surface area contributed by atoms with Crippen LogP contribution in [0.15, 0.2) is 67.1 Å². The maximum atomic E-state index is 13.0. The van der Waals surface area contributed by atoms with Gasteiger partial charge in [-0.15, -0.1) is 0 Å². The number of fused-ring (bicyclic) bond motifs is 1. The first kappa shape index (κ1) is 23.3. The minimum atomic E-state index is -0.411. The molecule has 4 aromatic rings. The van der Waals surface area contributed by atoms with Crippen LogP contribution in [0.1, 0.15) is 41.9 Å². The summed E-state index contributed by atoms with van der Waals surface area (Å²) < 4.78 is 38.6. The van der Waals surface area contributed by atoms with E-state index in [1.54, 1.807) is 16.8 Å². The van der Waals surface area contributed by atoms with Crippen LogP contribution in [0.25, 0.3) is 5.52 Å². The lowest BCUT2D eigenvalue weighted by atomic mass is 10.2. The molecule has 0 saturated carbocycles. The number of rotatable bonds is 4. The Morgan fingerprint density at radius 1 is 0.941 bits per heavy atom. The van der Waals surface area contributed by atoms with Gasteiger partial charge in [-0.3, -0.25) is 9.78 Å². The largest absolute Gasteiger partial charge is 0.371 e. The molecule has 4 heterocycles. The number of halogens is 3. The average molecular weight is 467 g/mol. The number of hydrogen-bond donors (Lipinski definition) is 1. The number of carbonyl (C=O) groups excluding carboxylic acids is 1. The maximum absolute atomic E-state index is 13.0. The van der Waals surface area contributed by atoms with E-state index in [1.807, 2.05) is 25.3 Å². The minimum absolute atomic E-state index is 0.225. The average Bonchev–Trinajstić information content (AvgIpc) is 3.51. The van der Waals surface area contributed by atoms with Crippen molar-refractivity contribution in [3.8, 4) is 0 Å². The molecule has 1 amide bonds. The molecule has 1 aliphatic heterocycles. The summed E-state index contributed by atoms with van der Waals surface area (Å²) in [5.41, 5.74) is 3.00. The van der Waals surface area contributed by atoms with Crippen molar-refractivity contribution in [2.45, 2.75) is 25.8 Å². The number of amides is 1. The van der Waals surface area contributed by atoms with Gasteiger partial charge in [0.15, 0.2) is 0 Å². The van der Waals surface area contributed by atoms with Crippen LogP contribution >= 0.6 is 0 Å². The Kier molecular flexibility index (Phi) is 7.10. The van der Waals surface area contributed by atoms with Crippen molar-refractivity contribution in [3.05, 3.63) is 95.8 Å². The van der Waals surface area contributed by atoms with Crippen LogP contribution < -0.4 is 10.2 Å². The number of aromatic nitrogens is 3. The first-order chi connectivity index (χ1) is 16.4. The Balaban J connectivity index is 0.000000291. The van der Waals surface area contributed by atoms with Crippen LogP contribution in [-0.4, -0.2) is 33.6 Å². The Morgan fingerprint density at radius 2 is 1.59 bits per heavy atom. The van der Waals surface area contributed by atoms with Crippen molar-refractivity contribution in [2.75, 3.05) is 18.0 Å². The van der Waals surface area contributed by atoms with E-state index in [0.717, 1.165) is 54.8 Å². The van der Waals surface area contributed by atoms with Crippen molar-refractivity contribution in [1.29, 1.82) is 0 Å². The Bertz CT molecular complexity index is 1230. The molecule has 0 bridgehead atoms. The number of nitrogens with zero attached hydrogens (tertiary/aromatic N) is 4. The molecule has 1 atom stereocenters. The highest BCUT2D eigenvalue weighted by Gasteiger charge is 2.19. The van der Waals surface area contributed by atoms with Crippen molar-refractivity contribution in [3.63, 3.8) is 0 Å². The fourth-order valence-electron chi connectivity index (χ4n) is 3.74. The molecule has 1 N–H and O–H groups in total. The number of hydrogen-bond acceptors (Lipinski definition) is 4. The summed E-state index contributed by atoms with van der Waals surface area (Å²) in [7, 11) is 0. The van der Waals surface area contributed by atoms with E-state index < -0.39 is 17.5 Å². The highest BCUT2D eigenvalue weighted by atomic mass is 19.1. The quantitative estimate of drug-likeness (QED) is 0.463. The van der Waals surface area contributed by atoms with Crippen LogP contribution in [0.5, 0.6) is 0 Å². The van der Waals surface area contributed by atoms with Gasteiger partial charge in [0, 0.05) is 25.0 Å². The lowest BCUT2D eigenvalue weighted by Gasteiger charge is -2.17. The fraction of sp³-hybridized carbons (Fsp3) is 0.240. The van der Waals surface area contributed by atoms with Gasteiger partial charge in [0.2, 0.25) is 0 Å². The van der Waals surface area contributed by atoms with Gasteiger partial charge in [-0.1, -0.05) is 0 Å². The van der Waals surface area contributed by atoms with Gasteiger partial charge in [-0.2, -0.15) is 5.10 Å². The van der Waals surface area contributed by atoms with Crippen molar-refractivity contribution in [2.24, 2.45) is 0 Å². The zero-order valence-corrected chi connectivity index (χ0v) is 18.6. The van der Waals surface area contributed by atoms with Crippen LogP contribution in [-0.2, 0) is 0 Å². The van der Waals surface area contributed by atoms with Crippen LogP contribution in [0, 0.1) is 17.5 Å². The molecule has 0 radical (unpaired) electrons. The minimum Gasteiger partial charge on any atom is -0.371 e. The summed E-state index contributed by atoms with van der Waals surface area (Å²) in [6.07, 6.45) is 6.99. The molecule has 34 heavy (non-hydrogen) atoms. The molecule has 1 saturated heterocycles. The Hall–Kier alpha value is -3.88. The van der Waals surface area contributed by atoms with Gasteiger partial charge in [-0.05, 0) is 68.3 Å². The lowest BCUT2D eigenvalue weighted by molar-refractivity contribution is 0.0940. The van der Waals surface area contributed by atoms with Crippen LogP contribution in [0.3, 0.4) is 0 Å². The normalized spacial score (nSPS) is 13.9. The van der Waals surface area contributed by atoms with Gasteiger partial charge in [-0.25, -0.2) is 17.7 Å². The summed E-state index contributed by atoms with van der Waals surface area (Å²) in [5.74, 6) is -1.45. The zero-order chi connectivity index (χ0) is 24.1. The smallest absolute Gasteiger partial charge is 0.255 e. The number of nitrogens with one attached hydrogen (secondary N) is 1. The second-order valence-electron chi connectivity index (χ2n) is 8.00. The third-order valence-corrected chi connectivity index (χ3v) is 5.57. The highest BCUT2D eigenvalue weighted by Crippen LogP contribution is 2.23. The van der Waals surface area contributed by atoms with E-state index >= 15 is 0 Å². The molecule has 176 valence electrons. The third-order valence-electron chi connectivity index (χ3n) is 5.57. The van der Waals surface area contributed by atoms with Crippen LogP contribution in [0.4, 0.5) is 18.9 Å². The second kappa shape index (κ2) is 10.4. The van der Waals surface area contributed by atoms with E-state index in [-0.39, 0.29) is 11.9 Å². The standard InChI is InChI=1S/C19H20FN5O.C6H4F2/c1-13(17-5-4-14(20)11-21-17)23-19(26)16-12-22-25-9-6-15(10-18(16)25)24-7-2-3-8-24;7-5-1-2-6(8)4-3-5/h4-6,9-13H,2-3,7-8H2,1H3,(H,23,26);1-4H. The summed E-state index contributed by atoms with van der Waals surface area (Å²) in [5, 5.41) is 7.18. The van der Waals surface area contributed by atoms with Crippen LogP contribution in [0.2, 0.25) is 0 Å². The molecule has 9 heteroatoms. The molecule has 1 aliphatic rings.